The first-order chi connectivity index (χ1) is 7.33. The molecule has 2 rings (SSSR count). The van der Waals surface area contributed by atoms with Crippen molar-refractivity contribution in [2.45, 2.75) is 13.0 Å². The maximum atomic E-state index is 4.12. The zero-order valence-electron chi connectivity index (χ0n) is 8.20. The molecule has 2 heterocycles. The molecule has 0 aliphatic heterocycles. The highest BCUT2D eigenvalue weighted by Crippen LogP contribution is 2.30. The van der Waals surface area contributed by atoms with E-state index in [1.165, 1.54) is 5.56 Å². The van der Waals surface area contributed by atoms with Crippen LogP contribution in [0.5, 0.6) is 0 Å². The van der Waals surface area contributed by atoms with Crippen molar-refractivity contribution in [1.82, 2.24) is 20.7 Å². The molecule has 0 saturated carbocycles. The molecule has 6 heteroatoms. The molecule has 4 nitrogen and oxygen atoms in total. The van der Waals surface area contributed by atoms with Gasteiger partial charge in [-0.25, -0.2) is 0 Å². The van der Waals surface area contributed by atoms with Gasteiger partial charge in [-0.3, -0.25) is 0 Å². The third-order valence-electron chi connectivity index (χ3n) is 2.09. The van der Waals surface area contributed by atoms with Crippen molar-refractivity contribution < 1.29 is 0 Å². The Labute approximate surface area is 100 Å². The van der Waals surface area contributed by atoms with Gasteiger partial charge in [0.05, 0.1) is 12.2 Å². The fraction of sp³-hybridized carbons (Fsp3) is 0.333. The number of nitrogens with zero attached hydrogens (tertiary/aromatic N) is 2. The molecular weight excluding hydrogens is 276 g/mol. The highest BCUT2D eigenvalue weighted by atomic mass is 79.9. The van der Waals surface area contributed by atoms with Crippen LogP contribution in [0.15, 0.2) is 21.4 Å². The van der Waals surface area contributed by atoms with E-state index >= 15 is 0 Å². The summed E-state index contributed by atoms with van der Waals surface area (Å²) < 4.78 is 1.11. The quantitative estimate of drug-likeness (QED) is 0.907. The van der Waals surface area contributed by atoms with Gasteiger partial charge in [0.1, 0.15) is 5.69 Å². The molecule has 2 N–H and O–H groups in total. The minimum Gasteiger partial charge on any atom is -0.305 e. The molecule has 0 bridgehead atoms. The lowest BCUT2D eigenvalue weighted by Crippen LogP contribution is -2.22. The van der Waals surface area contributed by atoms with E-state index in [1.807, 2.05) is 0 Å². The number of hydrogen-bond donors (Lipinski definition) is 2. The van der Waals surface area contributed by atoms with Gasteiger partial charge in [0, 0.05) is 15.4 Å². The van der Waals surface area contributed by atoms with Crippen molar-refractivity contribution >= 4 is 27.3 Å². The van der Waals surface area contributed by atoms with Crippen molar-refractivity contribution in [2.24, 2.45) is 0 Å². The van der Waals surface area contributed by atoms with Gasteiger partial charge in [0.25, 0.3) is 0 Å². The van der Waals surface area contributed by atoms with E-state index in [0.29, 0.717) is 0 Å². The Kier molecular flexibility index (Phi) is 3.50. The standard InChI is InChI=1S/C9H11BrN4S/c1-2-11-9(8-3-12-14-13-8)6-4-15-5-7(6)10/h3-5,9,11H,2H2,1H3,(H,12,13,14). The van der Waals surface area contributed by atoms with E-state index in [0.717, 1.165) is 16.7 Å². The number of halogens is 1. The number of hydrogen-bond acceptors (Lipinski definition) is 4. The van der Waals surface area contributed by atoms with Crippen LogP contribution in [-0.4, -0.2) is 22.0 Å². The molecule has 0 radical (unpaired) electrons. The number of rotatable bonds is 4. The van der Waals surface area contributed by atoms with Crippen LogP contribution in [0.2, 0.25) is 0 Å². The van der Waals surface area contributed by atoms with Crippen LogP contribution in [0.25, 0.3) is 0 Å². The van der Waals surface area contributed by atoms with Crippen LogP contribution >= 0.6 is 27.3 Å². The second-order valence-corrected chi connectivity index (χ2v) is 4.66. The maximum Gasteiger partial charge on any atom is 0.104 e. The number of aromatic amines is 1. The molecule has 2 aromatic heterocycles. The highest BCUT2D eigenvalue weighted by Gasteiger charge is 2.18. The Balaban J connectivity index is 2.32. The second-order valence-electron chi connectivity index (χ2n) is 3.06. The second kappa shape index (κ2) is 4.87. The van der Waals surface area contributed by atoms with Gasteiger partial charge in [-0.15, -0.1) is 0 Å². The molecule has 1 atom stereocenters. The Hall–Kier alpha value is -0.720. The molecule has 0 spiro atoms. The van der Waals surface area contributed by atoms with Crippen molar-refractivity contribution in [3.8, 4) is 0 Å². The first-order valence-electron chi connectivity index (χ1n) is 4.63. The zero-order valence-corrected chi connectivity index (χ0v) is 10.6. The first-order valence-corrected chi connectivity index (χ1v) is 6.37. The lowest BCUT2D eigenvalue weighted by Gasteiger charge is -2.14. The monoisotopic (exact) mass is 286 g/mol. The fourth-order valence-corrected chi connectivity index (χ4v) is 2.98. The average molecular weight is 287 g/mol. The molecule has 0 aliphatic rings. The number of aromatic nitrogens is 3. The first kappa shape index (κ1) is 10.8. The van der Waals surface area contributed by atoms with Crippen LogP contribution in [0.3, 0.4) is 0 Å². The van der Waals surface area contributed by atoms with Crippen LogP contribution in [0, 0.1) is 0 Å². The number of H-pyrrole nitrogens is 1. The summed E-state index contributed by atoms with van der Waals surface area (Å²) in [4.78, 5) is 0. The zero-order chi connectivity index (χ0) is 10.7. The molecule has 0 aliphatic carbocycles. The van der Waals surface area contributed by atoms with Crippen LogP contribution in [0.1, 0.15) is 24.2 Å². The highest BCUT2D eigenvalue weighted by molar-refractivity contribution is 9.10. The van der Waals surface area contributed by atoms with Gasteiger partial charge in [-0.1, -0.05) is 6.92 Å². The summed E-state index contributed by atoms with van der Waals surface area (Å²) in [6.07, 6.45) is 1.75. The van der Waals surface area contributed by atoms with Gasteiger partial charge < -0.3 is 5.32 Å². The van der Waals surface area contributed by atoms with E-state index in [4.69, 9.17) is 0 Å². The third kappa shape index (κ3) is 2.27. The number of thiophene rings is 1. The average Bonchev–Trinajstić information content (AvgIpc) is 2.85. The summed E-state index contributed by atoms with van der Waals surface area (Å²) in [7, 11) is 0. The third-order valence-corrected chi connectivity index (χ3v) is 3.84. The van der Waals surface area contributed by atoms with Crippen LogP contribution in [0.4, 0.5) is 0 Å². The van der Waals surface area contributed by atoms with Crippen LogP contribution < -0.4 is 5.32 Å². The summed E-state index contributed by atoms with van der Waals surface area (Å²) in [6.45, 7) is 2.97. The summed E-state index contributed by atoms with van der Waals surface area (Å²) in [6, 6.07) is 0.106. The smallest absolute Gasteiger partial charge is 0.104 e. The normalized spacial score (nSPS) is 12.9. The molecule has 2 aromatic rings. The van der Waals surface area contributed by atoms with E-state index in [2.05, 4.69) is 54.3 Å². The summed E-state index contributed by atoms with van der Waals surface area (Å²) >= 11 is 5.21. The Morgan fingerprint density at radius 1 is 1.60 bits per heavy atom. The van der Waals surface area contributed by atoms with Gasteiger partial charge in [-0.2, -0.15) is 26.7 Å². The summed E-state index contributed by atoms with van der Waals surface area (Å²) in [5, 5.41) is 18.2. The van der Waals surface area contributed by atoms with Crippen molar-refractivity contribution in [3.63, 3.8) is 0 Å². The minimum atomic E-state index is 0.106. The van der Waals surface area contributed by atoms with Crippen LogP contribution in [-0.2, 0) is 0 Å². The Morgan fingerprint density at radius 2 is 2.47 bits per heavy atom. The van der Waals surface area contributed by atoms with Gasteiger partial charge >= 0.3 is 0 Å². The van der Waals surface area contributed by atoms with E-state index in [1.54, 1.807) is 17.5 Å². The molecule has 15 heavy (non-hydrogen) atoms. The predicted molar refractivity (Wildman–Crippen MR) is 63.9 cm³/mol. The fourth-order valence-electron chi connectivity index (χ4n) is 1.42. The van der Waals surface area contributed by atoms with E-state index < -0.39 is 0 Å². The molecule has 0 fully saturated rings. The Bertz CT molecular complexity index is 411. The molecule has 80 valence electrons. The molecule has 0 aromatic carbocycles. The predicted octanol–water partition coefficient (Wildman–Crippen LogP) is 2.33. The van der Waals surface area contributed by atoms with Gasteiger partial charge in [0.2, 0.25) is 0 Å². The largest absolute Gasteiger partial charge is 0.305 e. The lowest BCUT2D eigenvalue weighted by atomic mass is 10.1. The SMILES string of the molecule is CCNC(c1cn[nH]n1)c1cscc1Br. The van der Waals surface area contributed by atoms with Gasteiger partial charge in [0.15, 0.2) is 0 Å². The molecule has 0 saturated heterocycles. The van der Waals surface area contributed by atoms with Crippen molar-refractivity contribution in [1.29, 1.82) is 0 Å². The summed E-state index contributed by atoms with van der Waals surface area (Å²) in [5.41, 5.74) is 2.12. The maximum absolute atomic E-state index is 4.12. The van der Waals surface area contributed by atoms with E-state index in [-0.39, 0.29) is 6.04 Å². The topological polar surface area (TPSA) is 53.6 Å². The minimum absolute atomic E-state index is 0.106. The van der Waals surface area contributed by atoms with Crippen molar-refractivity contribution in [3.05, 3.63) is 32.7 Å². The molecule has 0 amide bonds. The van der Waals surface area contributed by atoms with Crippen molar-refractivity contribution in [2.75, 3.05) is 6.54 Å². The van der Waals surface area contributed by atoms with Gasteiger partial charge in [-0.05, 0) is 27.9 Å². The number of nitrogens with one attached hydrogen (secondary N) is 2. The summed E-state index contributed by atoms with van der Waals surface area (Å²) in [5.74, 6) is 0. The van der Waals surface area contributed by atoms with E-state index in [9.17, 15) is 0 Å². The lowest BCUT2D eigenvalue weighted by molar-refractivity contribution is 0.613. The molecular formula is C9H11BrN4S. The Morgan fingerprint density at radius 3 is 3.00 bits per heavy atom. The molecule has 1 unspecified atom stereocenters.